The van der Waals surface area contributed by atoms with Gasteiger partial charge in [-0.15, -0.1) is 0 Å². The lowest BCUT2D eigenvalue weighted by atomic mass is 10.0. The second-order valence-corrected chi connectivity index (χ2v) is 4.31. The third-order valence-corrected chi connectivity index (χ3v) is 2.69. The van der Waals surface area contributed by atoms with Gasteiger partial charge in [0.2, 0.25) is 0 Å². The Hall–Kier alpha value is -1.60. The molecule has 0 amide bonds. The second-order valence-electron chi connectivity index (χ2n) is 4.31. The molecule has 0 radical (unpaired) electrons. The Bertz CT molecular complexity index is 412. The number of nitrogens with one attached hydrogen (secondary N) is 1. The largest absolute Gasteiger partial charge is 0.396 e. The van der Waals surface area contributed by atoms with Gasteiger partial charge in [0, 0.05) is 18.3 Å². The highest BCUT2D eigenvalue weighted by Gasteiger charge is 2.13. The summed E-state index contributed by atoms with van der Waals surface area (Å²) in [6, 6.07) is 6.31. The number of nitrogens with zero attached hydrogens (tertiary/aromatic N) is 1. The van der Waals surface area contributed by atoms with Crippen molar-refractivity contribution in [1.82, 2.24) is 0 Å². The number of anilines is 1. The Kier molecular flexibility index (Phi) is 4.92. The van der Waals surface area contributed by atoms with Gasteiger partial charge in [-0.1, -0.05) is 13.8 Å². The van der Waals surface area contributed by atoms with Gasteiger partial charge in [-0.2, -0.15) is 5.26 Å². The van der Waals surface area contributed by atoms with Crippen molar-refractivity contribution in [3.05, 3.63) is 29.6 Å². The smallest absolute Gasteiger partial charge is 0.143 e. The molecule has 0 aliphatic carbocycles. The minimum Gasteiger partial charge on any atom is -0.396 e. The Morgan fingerprint density at radius 3 is 2.65 bits per heavy atom. The van der Waals surface area contributed by atoms with Crippen LogP contribution in [0.25, 0.3) is 0 Å². The summed E-state index contributed by atoms with van der Waals surface area (Å²) in [6.07, 6.45) is 0.610. The van der Waals surface area contributed by atoms with Gasteiger partial charge in [0.05, 0.1) is 5.56 Å². The molecule has 4 heteroatoms. The van der Waals surface area contributed by atoms with E-state index in [1.54, 1.807) is 12.1 Å². The Morgan fingerprint density at radius 1 is 1.47 bits per heavy atom. The van der Waals surface area contributed by atoms with Crippen LogP contribution >= 0.6 is 0 Å². The van der Waals surface area contributed by atoms with Crippen LogP contribution in [0.3, 0.4) is 0 Å². The number of aliphatic hydroxyl groups is 1. The molecule has 3 nitrogen and oxygen atoms in total. The van der Waals surface area contributed by atoms with Crippen LogP contribution in [-0.2, 0) is 0 Å². The van der Waals surface area contributed by atoms with Crippen molar-refractivity contribution in [2.24, 2.45) is 5.92 Å². The number of hydrogen-bond acceptors (Lipinski definition) is 3. The first-order valence-electron chi connectivity index (χ1n) is 5.65. The van der Waals surface area contributed by atoms with Crippen molar-refractivity contribution in [3.8, 4) is 6.07 Å². The molecule has 1 atom stereocenters. The fourth-order valence-electron chi connectivity index (χ4n) is 1.62. The summed E-state index contributed by atoms with van der Waals surface area (Å²) in [7, 11) is 0. The minimum absolute atomic E-state index is 0.0406. The maximum Gasteiger partial charge on any atom is 0.143 e. The van der Waals surface area contributed by atoms with Crippen molar-refractivity contribution in [2.75, 3.05) is 11.9 Å². The SMILES string of the molecule is CC(C)C(CCO)Nc1ccc(C#N)c(F)c1. The summed E-state index contributed by atoms with van der Waals surface area (Å²) in [5.41, 5.74) is 0.674. The fourth-order valence-corrected chi connectivity index (χ4v) is 1.62. The van der Waals surface area contributed by atoms with E-state index in [0.29, 0.717) is 18.0 Å². The van der Waals surface area contributed by atoms with Gasteiger partial charge in [-0.25, -0.2) is 4.39 Å². The van der Waals surface area contributed by atoms with E-state index in [1.165, 1.54) is 12.1 Å². The van der Waals surface area contributed by atoms with Gasteiger partial charge in [-0.3, -0.25) is 0 Å². The first-order valence-corrected chi connectivity index (χ1v) is 5.65. The van der Waals surface area contributed by atoms with Gasteiger partial charge in [0.1, 0.15) is 11.9 Å². The van der Waals surface area contributed by atoms with Gasteiger partial charge in [0.15, 0.2) is 0 Å². The minimum atomic E-state index is -0.524. The van der Waals surface area contributed by atoms with Crippen molar-refractivity contribution in [1.29, 1.82) is 5.26 Å². The molecule has 0 bridgehead atoms. The predicted molar refractivity (Wildman–Crippen MR) is 65.1 cm³/mol. The third kappa shape index (κ3) is 3.72. The van der Waals surface area contributed by atoms with Gasteiger partial charge in [-0.05, 0) is 30.5 Å². The molecule has 0 spiro atoms. The van der Waals surface area contributed by atoms with Crippen molar-refractivity contribution in [2.45, 2.75) is 26.3 Å². The van der Waals surface area contributed by atoms with E-state index in [0.717, 1.165) is 0 Å². The molecular formula is C13H17FN2O. The fraction of sp³-hybridized carbons (Fsp3) is 0.462. The summed E-state index contributed by atoms with van der Waals surface area (Å²) in [4.78, 5) is 0. The highest BCUT2D eigenvalue weighted by molar-refractivity contribution is 5.48. The summed E-state index contributed by atoms with van der Waals surface area (Å²) < 4.78 is 13.4. The molecule has 0 aromatic heterocycles. The maximum absolute atomic E-state index is 13.4. The van der Waals surface area contributed by atoms with Crippen molar-refractivity contribution in [3.63, 3.8) is 0 Å². The van der Waals surface area contributed by atoms with Gasteiger partial charge >= 0.3 is 0 Å². The Balaban J connectivity index is 2.80. The monoisotopic (exact) mass is 236 g/mol. The van der Waals surface area contributed by atoms with E-state index in [-0.39, 0.29) is 18.2 Å². The average molecular weight is 236 g/mol. The van der Waals surface area contributed by atoms with E-state index >= 15 is 0 Å². The molecule has 1 aromatic rings. The Labute approximate surface area is 101 Å². The zero-order valence-corrected chi connectivity index (χ0v) is 10.1. The highest BCUT2D eigenvalue weighted by Crippen LogP contribution is 2.18. The lowest BCUT2D eigenvalue weighted by Gasteiger charge is -2.22. The normalized spacial score (nSPS) is 12.2. The van der Waals surface area contributed by atoms with Crippen LogP contribution in [-0.4, -0.2) is 17.8 Å². The first kappa shape index (κ1) is 13.5. The summed E-state index contributed by atoms with van der Waals surface area (Å²) in [5, 5.41) is 20.7. The van der Waals surface area contributed by atoms with Crippen LogP contribution in [0.2, 0.25) is 0 Å². The van der Waals surface area contributed by atoms with Gasteiger partial charge in [0.25, 0.3) is 0 Å². The molecule has 92 valence electrons. The van der Waals surface area contributed by atoms with E-state index < -0.39 is 5.82 Å². The van der Waals surface area contributed by atoms with E-state index in [2.05, 4.69) is 5.32 Å². The maximum atomic E-state index is 13.4. The summed E-state index contributed by atoms with van der Waals surface area (Å²) in [6.45, 7) is 4.16. The number of nitriles is 1. The molecule has 1 aromatic carbocycles. The molecule has 17 heavy (non-hydrogen) atoms. The van der Waals surface area contributed by atoms with E-state index in [9.17, 15) is 4.39 Å². The molecule has 0 fully saturated rings. The van der Waals surface area contributed by atoms with Crippen molar-refractivity contribution >= 4 is 5.69 Å². The molecule has 1 rings (SSSR count). The lowest BCUT2D eigenvalue weighted by molar-refractivity contribution is 0.267. The van der Waals surface area contributed by atoms with Crippen LogP contribution in [0.15, 0.2) is 18.2 Å². The topological polar surface area (TPSA) is 56.0 Å². The standard InChI is InChI=1S/C13H17FN2O/c1-9(2)13(5-6-17)16-11-4-3-10(8-15)12(14)7-11/h3-4,7,9,13,16-17H,5-6H2,1-2H3. The predicted octanol–water partition coefficient (Wildman–Crippen LogP) is 2.52. The number of benzene rings is 1. The quantitative estimate of drug-likeness (QED) is 0.826. The zero-order valence-electron chi connectivity index (χ0n) is 10.1. The van der Waals surface area contributed by atoms with Crippen LogP contribution < -0.4 is 5.32 Å². The molecule has 0 saturated carbocycles. The van der Waals surface area contributed by atoms with E-state index in [1.807, 2.05) is 13.8 Å². The molecule has 1 unspecified atom stereocenters. The Morgan fingerprint density at radius 2 is 2.18 bits per heavy atom. The van der Waals surface area contributed by atoms with E-state index in [4.69, 9.17) is 10.4 Å². The molecular weight excluding hydrogens is 219 g/mol. The van der Waals surface area contributed by atoms with Crippen LogP contribution in [0.4, 0.5) is 10.1 Å². The third-order valence-electron chi connectivity index (χ3n) is 2.69. The number of aliphatic hydroxyl groups excluding tert-OH is 1. The second kappa shape index (κ2) is 6.21. The first-order chi connectivity index (χ1) is 8.08. The van der Waals surface area contributed by atoms with Crippen LogP contribution in [0, 0.1) is 23.1 Å². The molecule has 0 heterocycles. The molecule has 0 aliphatic rings. The molecule has 0 aliphatic heterocycles. The summed E-state index contributed by atoms with van der Waals surface area (Å²) in [5.74, 6) is -0.190. The lowest BCUT2D eigenvalue weighted by Crippen LogP contribution is -2.26. The molecule has 2 N–H and O–H groups in total. The zero-order chi connectivity index (χ0) is 12.8. The van der Waals surface area contributed by atoms with Crippen LogP contribution in [0.5, 0.6) is 0 Å². The number of hydrogen-bond donors (Lipinski definition) is 2. The number of halogens is 1. The molecule has 0 saturated heterocycles. The van der Waals surface area contributed by atoms with Crippen molar-refractivity contribution < 1.29 is 9.50 Å². The average Bonchev–Trinajstić information content (AvgIpc) is 2.28. The number of rotatable bonds is 5. The van der Waals surface area contributed by atoms with Gasteiger partial charge < -0.3 is 10.4 Å². The van der Waals surface area contributed by atoms with Crippen LogP contribution in [0.1, 0.15) is 25.8 Å². The summed E-state index contributed by atoms with van der Waals surface area (Å²) >= 11 is 0. The highest BCUT2D eigenvalue weighted by atomic mass is 19.1.